The average molecular weight is 1180 g/mol. The zero-order chi connectivity index (χ0) is 59.8. The lowest BCUT2D eigenvalue weighted by Crippen LogP contribution is -2.37. The van der Waals surface area contributed by atoms with Crippen LogP contribution in [-0.4, -0.2) is 70.0 Å². The number of hydrogen-bond acceptors (Lipinski definition) is 8. The number of rotatable bonds is 70. The monoisotopic (exact) mass is 1180 g/mol. The minimum Gasteiger partial charge on any atom is -0.756 e. The Morgan fingerprint density at radius 2 is 0.549 bits per heavy atom. The summed E-state index contributed by atoms with van der Waals surface area (Å²) in [5.74, 6) is -0.802. The van der Waals surface area contributed by atoms with E-state index >= 15 is 0 Å². The maximum Gasteiger partial charge on any atom is 0.306 e. The molecule has 0 N–H and O–H groups in total. The van der Waals surface area contributed by atoms with Crippen LogP contribution in [0.5, 0.6) is 0 Å². The topological polar surface area (TPSA) is 111 Å². The lowest BCUT2D eigenvalue weighted by Gasteiger charge is -2.28. The van der Waals surface area contributed by atoms with E-state index in [-0.39, 0.29) is 32.0 Å². The molecule has 82 heavy (non-hydrogen) atoms. The summed E-state index contributed by atoms with van der Waals surface area (Å²) in [6.45, 7) is 4.34. The Labute approximate surface area is 512 Å². The molecule has 0 aliphatic carbocycles. The van der Waals surface area contributed by atoms with Crippen LogP contribution in [0.1, 0.15) is 399 Å². The van der Waals surface area contributed by atoms with Crippen molar-refractivity contribution in [2.75, 3.05) is 47.5 Å². The lowest BCUT2D eigenvalue weighted by molar-refractivity contribution is -0.870. The van der Waals surface area contributed by atoms with Crippen molar-refractivity contribution >= 4 is 19.8 Å². The number of esters is 2. The van der Waals surface area contributed by atoms with Gasteiger partial charge in [-0.2, -0.15) is 0 Å². The van der Waals surface area contributed by atoms with E-state index in [0.29, 0.717) is 17.4 Å². The maximum absolute atomic E-state index is 12.9. The van der Waals surface area contributed by atoms with Crippen molar-refractivity contribution < 1.29 is 42.1 Å². The molecule has 0 aromatic rings. The van der Waals surface area contributed by atoms with E-state index in [1.54, 1.807) is 0 Å². The van der Waals surface area contributed by atoms with E-state index < -0.39 is 26.5 Å². The number of phosphoric ester groups is 1. The van der Waals surface area contributed by atoms with Crippen LogP contribution in [0, 0.1) is 0 Å². The molecule has 0 heterocycles. The van der Waals surface area contributed by atoms with Crippen LogP contribution < -0.4 is 4.89 Å². The molecule has 0 saturated carbocycles. The smallest absolute Gasteiger partial charge is 0.306 e. The fourth-order valence-electron chi connectivity index (χ4n) is 11.5. The largest absolute Gasteiger partial charge is 0.756 e. The van der Waals surface area contributed by atoms with Gasteiger partial charge >= 0.3 is 11.9 Å². The molecule has 0 fully saturated rings. The van der Waals surface area contributed by atoms with E-state index in [1.165, 1.54) is 334 Å². The van der Waals surface area contributed by atoms with Crippen LogP contribution in [0.15, 0.2) is 0 Å². The number of carbonyl (C=O) groups excluding carboxylic acids is 2. The number of carbonyl (C=O) groups is 2. The van der Waals surface area contributed by atoms with E-state index in [1.807, 2.05) is 21.1 Å². The second-order valence-electron chi connectivity index (χ2n) is 26.7. The molecule has 0 aliphatic rings. The van der Waals surface area contributed by atoms with Crippen molar-refractivity contribution in [1.82, 2.24) is 0 Å². The summed E-state index contributed by atoms with van der Waals surface area (Å²) in [6, 6.07) is 0. The number of hydrogen-bond donors (Lipinski definition) is 0. The minimum atomic E-state index is -4.63. The summed E-state index contributed by atoms with van der Waals surface area (Å²) in [5.41, 5.74) is 0. The van der Waals surface area contributed by atoms with Gasteiger partial charge in [-0.25, -0.2) is 0 Å². The summed E-state index contributed by atoms with van der Waals surface area (Å²) in [7, 11) is 1.20. The van der Waals surface area contributed by atoms with Crippen molar-refractivity contribution in [3.63, 3.8) is 0 Å². The average Bonchev–Trinajstić information content (AvgIpc) is 3.46. The van der Waals surface area contributed by atoms with Crippen LogP contribution in [0.2, 0.25) is 0 Å². The second kappa shape index (κ2) is 64.5. The third-order valence-electron chi connectivity index (χ3n) is 17.1. The molecule has 0 bridgehead atoms. The molecule has 0 aliphatic heterocycles. The van der Waals surface area contributed by atoms with Gasteiger partial charge in [0.25, 0.3) is 7.82 Å². The van der Waals surface area contributed by atoms with Gasteiger partial charge in [0.2, 0.25) is 0 Å². The zero-order valence-electron chi connectivity index (χ0n) is 56.0. The standard InChI is InChI=1S/C72H144NO8P/c1-6-8-10-12-14-16-18-20-22-24-26-28-30-32-33-34-35-36-37-38-39-41-43-45-47-49-51-53-55-57-59-61-63-65-72(75)81-70(69-80-82(76,77)79-67-66-73(3,4)5)68-78-71(74)64-62-60-58-56-54-52-50-48-46-44-42-40-31-29-27-25-23-21-19-17-15-13-11-9-7-2/h70H,6-69H2,1-5H3. The Hall–Kier alpha value is -0.990. The highest BCUT2D eigenvalue weighted by Gasteiger charge is 2.22. The van der Waals surface area contributed by atoms with E-state index in [4.69, 9.17) is 18.5 Å². The van der Waals surface area contributed by atoms with Crippen LogP contribution in [-0.2, 0) is 32.7 Å². The summed E-state index contributed by atoms with van der Waals surface area (Å²) in [5, 5.41) is 0. The molecule has 0 radical (unpaired) electrons. The molecule has 490 valence electrons. The van der Waals surface area contributed by atoms with E-state index in [2.05, 4.69) is 13.8 Å². The fraction of sp³-hybridized carbons (Fsp3) is 0.972. The van der Waals surface area contributed by atoms with Gasteiger partial charge in [0, 0.05) is 12.8 Å². The highest BCUT2D eigenvalue weighted by molar-refractivity contribution is 7.45. The third kappa shape index (κ3) is 68.1. The summed E-state index contributed by atoms with van der Waals surface area (Å²) in [6.07, 6.45) is 77.8. The van der Waals surface area contributed by atoms with Gasteiger partial charge in [0.15, 0.2) is 6.10 Å². The first-order valence-corrected chi connectivity index (χ1v) is 38.2. The summed E-state index contributed by atoms with van der Waals surface area (Å²) < 4.78 is 34.4. The fourth-order valence-corrected chi connectivity index (χ4v) is 12.2. The Kier molecular flexibility index (Phi) is 63.7. The van der Waals surface area contributed by atoms with Gasteiger partial charge < -0.3 is 27.9 Å². The van der Waals surface area contributed by atoms with Gasteiger partial charge in [-0.05, 0) is 12.8 Å². The van der Waals surface area contributed by atoms with Crippen molar-refractivity contribution in [2.45, 2.75) is 405 Å². The summed E-state index contributed by atoms with van der Waals surface area (Å²) >= 11 is 0. The third-order valence-corrected chi connectivity index (χ3v) is 18.1. The molecule has 10 heteroatoms. The number of quaternary nitrogens is 1. The van der Waals surface area contributed by atoms with E-state index in [0.717, 1.165) is 32.1 Å². The highest BCUT2D eigenvalue weighted by Crippen LogP contribution is 2.38. The second-order valence-corrected chi connectivity index (χ2v) is 28.1. The zero-order valence-corrected chi connectivity index (χ0v) is 56.9. The highest BCUT2D eigenvalue weighted by atomic mass is 31.2. The number of nitrogens with zero attached hydrogens (tertiary/aromatic N) is 1. The molecule has 0 aromatic heterocycles. The molecule has 0 amide bonds. The van der Waals surface area contributed by atoms with Crippen molar-refractivity contribution in [3.8, 4) is 0 Å². The number of likely N-dealkylation sites (N-methyl/N-ethyl adjacent to an activating group) is 1. The van der Waals surface area contributed by atoms with Crippen LogP contribution in [0.25, 0.3) is 0 Å². The SMILES string of the molecule is CCCCCCCCCCCCCCCCCCCCCCCCCCCCCCCCCCCC(=O)OC(COC(=O)CCCCCCCCCCCCCCCCCCCCCCCCCCC)COP(=O)([O-])OCC[N+](C)(C)C. The Morgan fingerprint density at radius 1 is 0.329 bits per heavy atom. The van der Waals surface area contributed by atoms with E-state index in [9.17, 15) is 19.0 Å². The number of unbranched alkanes of at least 4 members (excludes halogenated alkanes) is 56. The Morgan fingerprint density at radius 3 is 0.780 bits per heavy atom. The van der Waals surface area contributed by atoms with Gasteiger partial charge in [-0.15, -0.1) is 0 Å². The first kappa shape index (κ1) is 81.0. The molecule has 2 unspecified atom stereocenters. The van der Waals surface area contributed by atoms with Crippen molar-refractivity contribution in [1.29, 1.82) is 0 Å². The lowest BCUT2D eigenvalue weighted by atomic mass is 10.0. The minimum absolute atomic E-state index is 0.0247. The quantitative estimate of drug-likeness (QED) is 0.0256. The van der Waals surface area contributed by atoms with Gasteiger partial charge in [0.1, 0.15) is 19.8 Å². The molecule has 0 rings (SSSR count). The Bertz CT molecular complexity index is 1340. The van der Waals surface area contributed by atoms with Crippen LogP contribution in [0.4, 0.5) is 0 Å². The molecule has 2 atom stereocenters. The molecule has 9 nitrogen and oxygen atoms in total. The molecule has 0 saturated heterocycles. The van der Waals surface area contributed by atoms with Gasteiger partial charge in [-0.3, -0.25) is 14.2 Å². The first-order chi connectivity index (χ1) is 40.0. The normalized spacial score (nSPS) is 13.0. The molecule has 0 aromatic carbocycles. The molecular formula is C72H144NO8P. The molecule has 0 spiro atoms. The Balaban J connectivity index is 3.93. The number of ether oxygens (including phenoxy) is 2. The number of phosphoric acid groups is 1. The van der Waals surface area contributed by atoms with Crippen molar-refractivity contribution in [3.05, 3.63) is 0 Å². The summed E-state index contributed by atoms with van der Waals surface area (Å²) in [4.78, 5) is 38.1. The predicted octanol–water partition coefficient (Wildman–Crippen LogP) is 23.1. The van der Waals surface area contributed by atoms with Gasteiger partial charge in [-0.1, -0.05) is 373 Å². The van der Waals surface area contributed by atoms with Crippen LogP contribution >= 0.6 is 7.82 Å². The van der Waals surface area contributed by atoms with Gasteiger partial charge in [0.05, 0.1) is 27.7 Å². The van der Waals surface area contributed by atoms with Crippen molar-refractivity contribution in [2.24, 2.45) is 0 Å². The maximum atomic E-state index is 12.9. The first-order valence-electron chi connectivity index (χ1n) is 36.7. The van der Waals surface area contributed by atoms with Crippen LogP contribution in [0.3, 0.4) is 0 Å². The predicted molar refractivity (Wildman–Crippen MR) is 352 cm³/mol. The molecular weight excluding hydrogens is 1040 g/mol.